The predicted molar refractivity (Wildman–Crippen MR) is 54.7 cm³/mol. The second-order valence-electron chi connectivity index (χ2n) is 2.71. The number of anilines is 1. The average molecular weight is 216 g/mol. The molecule has 1 heterocycles. The molecule has 0 unspecified atom stereocenters. The van der Waals surface area contributed by atoms with Crippen LogP contribution in [0.4, 0.5) is 11.5 Å². The number of aromatic nitrogens is 1. The van der Waals surface area contributed by atoms with E-state index in [9.17, 15) is 10.1 Å². The third-order valence-corrected chi connectivity index (χ3v) is 1.78. The van der Waals surface area contributed by atoms with Crippen molar-refractivity contribution in [2.24, 2.45) is 0 Å². The molecule has 1 rings (SSSR count). The zero-order valence-electron chi connectivity index (χ0n) is 7.66. The Kier molecular flexibility index (Phi) is 3.64. The van der Waals surface area contributed by atoms with Gasteiger partial charge in [-0.1, -0.05) is 18.5 Å². The summed E-state index contributed by atoms with van der Waals surface area (Å²) in [5.41, 5.74) is -0.0917. The molecule has 0 aliphatic heterocycles. The molecule has 0 bridgehead atoms. The van der Waals surface area contributed by atoms with Crippen molar-refractivity contribution in [3.8, 4) is 0 Å². The number of hydrogen-bond acceptors (Lipinski definition) is 4. The maximum Gasteiger partial charge on any atom is 0.312 e. The van der Waals surface area contributed by atoms with Crippen LogP contribution in [0.5, 0.6) is 0 Å². The number of nitrogens with one attached hydrogen (secondary N) is 1. The van der Waals surface area contributed by atoms with Crippen LogP contribution >= 0.6 is 11.6 Å². The molecule has 0 spiro atoms. The fourth-order valence-corrected chi connectivity index (χ4v) is 1.10. The molecule has 1 aromatic heterocycles. The fourth-order valence-electron chi connectivity index (χ4n) is 0.947. The van der Waals surface area contributed by atoms with Gasteiger partial charge in [-0.25, -0.2) is 4.98 Å². The molecule has 0 amide bonds. The second-order valence-corrected chi connectivity index (χ2v) is 3.14. The Labute approximate surface area is 86.3 Å². The van der Waals surface area contributed by atoms with Gasteiger partial charge in [0.05, 0.1) is 9.95 Å². The van der Waals surface area contributed by atoms with E-state index in [0.717, 1.165) is 6.42 Å². The highest BCUT2D eigenvalue weighted by Crippen LogP contribution is 2.24. The predicted octanol–water partition coefficient (Wildman–Crippen LogP) is 2.47. The number of rotatable bonds is 4. The molecule has 0 radical (unpaired) electrons. The summed E-state index contributed by atoms with van der Waals surface area (Å²) in [5, 5.41) is 13.7. The Morgan fingerprint density at radius 1 is 1.71 bits per heavy atom. The molecule has 6 heteroatoms. The summed E-state index contributed by atoms with van der Waals surface area (Å²) in [6, 6.07) is 1.28. The van der Waals surface area contributed by atoms with Crippen molar-refractivity contribution in [2.45, 2.75) is 13.3 Å². The van der Waals surface area contributed by atoms with Crippen molar-refractivity contribution >= 4 is 23.1 Å². The Balaban J connectivity index is 2.96. The molecule has 1 N–H and O–H groups in total. The van der Waals surface area contributed by atoms with Gasteiger partial charge in [-0.15, -0.1) is 0 Å². The van der Waals surface area contributed by atoms with E-state index in [1.165, 1.54) is 12.3 Å². The summed E-state index contributed by atoms with van der Waals surface area (Å²) in [7, 11) is 0. The fraction of sp³-hybridized carbons (Fsp3) is 0.375. The van der Waals surface area contributed by atoms with Crippen LogP contribution < -0.4 is 5.32 Å². The first kappa shape index (κ1) is 10.7. The third kappa shape index (κ3) is 2.56. The SMILES string of the molecule is CCCNc1ncc(Cl)cc1[N+](=O)[O-]. The minimum absolute atomic E-state index is 0.0917. The highest BCUT2D eigenvalue weighted by molar-refractivity contribution is 6.30. The first-order chi connectivity index (χ1) is 6.65. The van der Waals surface area contributed by atoms with Crippen LogP contribution in [0.25, 0.3) is 0 Å². The molecule has 0 fully saturated rings. The van der Waals surface area contributed by atoms with Gasteiger partial charge in [0.15, 0.2) is 0 Å². The molecule has 0 atom stereocenters. The second kappa shape index (κ2) is 4.76. The Bertz CT molecular complexity index is 343. The van der Waals surface area contributed by atoms with Gasteiger partial charge in [-0.3, -0.25) is 10.1 Å². The van der Waals surface area contributed by atoms with E-state index in [2.05, 4.69) is 10.3 Å². The molecular formula is C8H10ClN3O2. The van der Waals surface area contributed by atoms with Crippen molar-refractivity contribution in [3.63, 3.8) is 0 Å². The van der Waals surface area contributed by atoms with Gasteiger partial charge in [0.1, 0.15) is 0 Å². The summed E-state index contributed by atoms with van der Waals surface area (Å²) >= 11 is 5.60. The quantitative estimate of drug-likeness (QED) is 0.619. The van der Waals surface area contributed by atoms with E-state index in [1.54, 1.807) is 0 Å². The van der Waals surface area contributed by atoms with Crippen LogP contribution in [-0.4, -0.2) is 16.5 Å². The molecule has 0 aliphatic rings. The lowest BCUT2D eigenvalue weighted by atomic mass is 10.4. The number of pyridine rings is 1. The van der Waals surface area contributed by atoms with Gasteiger partial charge in [0.25, 0.3) is 0 Å². The smallest absolute Gasteiger partial charge is 0.312 e. The normalized spacial score (nSPS) is 9.86. The van der Waals surface area contributed by atoms with Gasteiger partial charge < -0.3 is 5.32 Å². The van der Waals surface area contributed by atoms with Crippen LogP contribution in [0.3, 0.4) is 0 Å². The largest absolute Gasteiger partial charge is 0.364 e. The van der Waals surface area contributed by atoms with Crippen LogP contribution in [0, 0.1) is 10.1 Å². The number of hydrogen-bond donors (Lipinski definition) is 1. The number of nitro groups is 1. The first-order valence-electron chi connectivity index (χ1n) is 4.19. The molecule has 0 saturated carbocycles. The number of halogens is 1. The van der Waals surface area contributed by atoms with Crippen molar-refractivity contribution in [3.05, 3.63) is 27.4 Å². The van der Waals surface area contributed by atoms with Crippen molar-refractivity contribution in [1.29, 1.82) is 0 Å². The van der Waals surface area contributed by atoms with Gasteiger partial charge in [0.2, 0.25) is 5.82 Å². The Hall–Kier alpha value is -1.36. The molecule has 76 valence electrons. The van der Waals surface area contributed by atoms with Crippen LogP contribution in [0.15, 0.2) is 12.3 Å². The van der Waals surface area contributed by atoms with Gasteiger partial charge in [0, 0.05) is 18.8 Å². The van der Waals surface area contributed by atoms with Gasteiger partial charge in [-0.05, 0) is 6.42 Å². The van der Waals surface area contributed by atoms with Crippen molar-refractivity contribution in [2.75, 3.05) is 11.9 Å². The van der Waals surface area contributed by atoms with Gasteiger partial charge >= 0.3 is 5.69 Å². The van der Waals surface area contributed by atoms with Crippen LogP contribution in [0.1, 0.15) is 13.3 Å². The molecule has 14 heavy (non-hydrogen) atoms. The lowest BCUT2D eigenvalue weighted by Crippen LogP contribution is -2.05. The zero-order valence-corrected chi connectivity index (χ0v) is 8.41. The summed E-state index contributed by atoms with van der Waals surface area (Å²) in [4.78, 5) is 14.0. The van der Waals surface area contributed by atoms with Crippen molar-refractivity contribution in [1.82, 2.24) is 4.98 Å². The number of nitrogens with zero attached hydrogens (tertiary/aromatic N) is 2. The van der Waals surface area contributed by atoms with E-state index in [1.807, 2.05) is 6.92 Å². The van der Waals surface area contributed by atoms with E-state index in [0.29, 0.717) is 6.54 Å². The van der Waals surface area contributed by atoms with Crippen molar-refractivity contribution < 1.29 is 4.92 Å². The molecule has 0 aromatic carbocycles. The highest BCUT2D eigenvalue weighted by Gasteiger charge is 2.14. The monoisotopic (exact) mass is 215 g/mol. The van der Waals surface area contributed by atoms with E-state index in [4.69, 9.17) is 11.6 Å². The lowest BCUT2D eigenvalue weighted by Gasteiger charge is -2.03. The molecular weight excluding hydrogens is 206 g/mol. The molecule has 0 saturated heterocycles. The summed E-state index contributed by atoms with van der Waals surface area (Å²) in [6.45, 7) is 2.62. The average Bonchev–Trinajstić information content (AvgIpc) is 2.15. The Morgan fingerprint density at radius 3 is 3.00 bits per heavy atom. The molecule has 1 aromatic rings. The highest BCUT2D eigenvalue weighted by atomic mass is 35.5. The maximum atomic E-state index is 10.6. The van der Waals surface area contributed by atoms with Gasteiger partial charge in [-0.2, -0.15) is 0 Å². The first-order valence-corrected chi connectivity index (χ1v) is 4.56. The minimum Gasteiger partial charge on any atom is -0.364 e. The van der Waals surface area contributed by atoms with E-state index in [-0.39, 0.29) is 16.5 Å². The maximum absolute atomic E-state index is 10.6. The minimum atomic E-state index is -0.503. The molecule has 5 nitrogen and oxygen atoms in total. The summed E-state index contributed by atoms with van der Waals surface area (Å²) < 4.78 is 0. The van der Waals surface area contributed by atoms with Crippen LogP contribution in [0.2, 0.25) is 5.02 Å². The standard InChI is InChI=1S/C8H10ClN3O2/c1-2-3-10-8-7(12(13)14)4-6(9)5-11-8/h4-5H,2-3H2,1H3,(H,10,11). The third-order valence-electron chi connectivity index (χ3n) is 1.57. The molecule has 0 aliphatic carbocycles. The zero-order chi connectivity index (χ0) is 10.6. The Morgan fingerprint density at radius 2 is 2.43 bits per heavy atom. The topological polar surface area (TPSA) is 68.1 Å². The van der Waals surface area contributed by atoms with Crippen LogP contribution in [-0.2, 0) is 0 Å². The lowest BCUT2D eigenvalue weighted by molar-refractivity contribution is -0.384. The summed E-state index contributed by atoms with van der Waals surface area (Å²) in [5.74, 6) is 0.265. The van der Waals surface area contributed by atoms with E-state index < -0.39 is 4.92 Å². The summed E-state index contributed by atoms with van der Waals surface area (Å²) in [6.07, 6.45) is 2.26. The van der Waals surface area contributed by atoms with E-state index >= 15 is 0 Å².